The first-order valence-electron chi connectivity index (χ1n) is 5.85. The highest BCUT2D eigenvalue weighted by molar-refractivity contribution is 6.07. The van der Waals surface area contributed by atoms with E-state index in [1.54, 1.807) is 11.9 Å². The standard InChI is InChI=1S/C13H13FN2O2/c1-7-6-13(12(18)16(7)2)10-4-3-8(14)5-9(10)11(17)15-13/h3-5,7H,6H2,1-2H3,(H,15,17)/t7-,13-/m0/s1. The minimum absolute atomic E-state index is 0.0498. The molecule has 1 fully saturated rings. The van der Waals surface area contributed by atoms with Crippen LogP contribution in [0.15, 0.2) is 18.2 Å². The van der Waals surface area contributed by atoms with Gasteiger partial charge in [0.05, 0.1) is 0 Å². The minimum Gasteiger partial charge on any atom is -0.341 e. The van der Waals surface area contributed by atoms with Crippen LogP contribution in [0.4, 0.5) is 4.39 Å². The highest BCUT2D eigenvalue weighted by Gasteiger charge is 2.55. The van der Waals surface area contributed by atoms with Crippen LogP contribution in [0.2, 0.25) is 0 Å². The predicted octanol–water partition coefficient (Wildman–Crippen LogP) is 1.01. The monoisotopic (exact) mass is 248 g/mol. The average molecular weight is 248 g/mol. The number of likely N-dealkylation sites (N-methyl/N-ethyl adjacent to an activating group) is 1. The lowest BCUT2D eigenvalue weighted by atomic mass is 9.87. The van der Waals surface area contributed by atoms with Crippen molar-refractivity contribution in [3.8, 4) is 0 Å². The third-order valence-electron chi connectivity index (χ3n) is 3.96. The van der Waals surface area contributed by atoms with Gasteiger partial charge in [-0.2, -0.15) is 0 Å². The molecule has 0 aromatic heterocycles. The molecule has 2 aliphatic heterocycles. The molecule has 0 saturated carbocycles. The maximum atomic E-state index is 13.2. The van der Waals surface area contributed by atoms with Crippen LogP contribution in [-0.4, -0.2) is 29.8 Å². The van der Waals surface area contributed by atoms with Gasteiger partial charge in [0.1, 0.15) is 11.4 Å². The Hall–Kier alpha value is -1.91. The fourth-order valence-corrected chi connectivity index (χ4v) is 2.90. The molecule has 1 aromatic rings. The van der Waals surface area contributed by atoms with Crippen molar-refractivity contribution in [2.75, 3.05) is 7.05 Å². The summed E-state index contributed by atoms with van der Waals surface area (Å²) in [6.45, 7) is 1.93. The Bertz CT molecular complexity index is 572. The predicted molar refractivity (Wildman–Crippen MR) is 62.4 cm³/mol. The number of carbonyl (C=O) groups is 2. The lowest BCUT2D eigenvalue weighted by Gasteiger charge is -2.22. The summed E-state index contributed by atoms with van der Waals surface area (Å²) in [5.74, 6) is -0.971. The zero-order valence-corrected chi connectivity index (χ0v) is 10.2. The van der Waals surface area contributed by atoms with Crippen molar-refractivity contribution in [2.24, 2.45) is 0 Å². The van der Waals surface area contributed by atoms with Crippen LogP contribution < -0.4 is 5.32 Å². The van der Waals surface area contributed by atoms with Gasteiger partial charge >= 0.3 is 0 Å². The molecule has 0 unspecified atom stereocenters. The second kappa shape index (κ2) is 3.31. The van der Waals surface area contributed by atoms with Gasteiger partial charge in [0, 0.05) is 25.1 Å². The molecular formula is C13H13FN2O2. The zero-order valence-electron chi connectivity index (χ0n) is 10.2. The van der Waals surface area contributed by atoms with E-state index in [4.69, 9.17) is 0 Å². The second-order valence-corrected chi connectivity index (χ2v) is 5.02. The van der Waals surface area contributed by atoms with Gasteiger partial charge in [-0.25, -0.2) is 4.39 Å². The Kier molecular flexibility index (Phi) is 2.06. The fourth-order valence-electron chi connectivity index (χ4n) is 2.90. The van der Waals surface area contributed by atoms with E-state index < -0.39 is 11.4 Å². The smallest absolute Gasteiger partial charge is 0.253 e. The molecule has 2 aliphatic rings. The number of halogens is 1. The van der Waals surface area contributed by atoms with Crippen molar-refractivity contribution in [3.05, 3.63) is 35.1 Å². The Morgan fingerprint density at radius 1 is 1.44 bits per heavy atom. The van der Waals surface area contributed by atoms with E-state index in [1.807, 2.05) is 6.92 Å². The fraction of sp³-hybridized carbons (Fsp3) is 0.385. The van der Waals surface area contributed by atoms with Crippen molar-refractivity contribution < 1.29 is 14.0 Å². The van der Waals surface area contributed by atoms with Crippen LogP contribution in [-0.2, 0) is 10.3 Å². The second-order valence-electron chi connectivity index (χ2n) is 5.02. The number of nitrogens with one attached hydrogen (secondary N) is 1. The van der Waals surface area contributed by atoms with Gasteiger partial charge in [-0.15, -0.1) is 0 Å². The summed E-state index contributed by atoms with van der Waals surface area (Å²) in [7, 11) is 1.72. The van der Waals surface area contributed by atoms with Crippen LogP contribution in [0.3, 0.4) is 0 Å². The topological polar surface area (TPSA) is 49.4 Å². The van der Waals surface area contributed by atoms with Gasteiger partial charge < -0.3 is 10.2 Å². The molecule has 0 bridgehead atoms. The molecule has 0 aliphatic carbocycles. The summed E-state index contributed by atoms with van der Waals surface area (Å²) in [5.41, 5.74) is -0.130. The molecule has 5 heteroatoms. The Morgan fingerprint density at radius 3 is 2.78 bits per heavy atom. The van der Waals surface area contributed by atoms with Crippen molar-refractivity contribution in [1.82, 2.24) is 10.2 Å². The van der Waals surface area contributed by atoms with Crippen molar-refractivity contribution in [3.63, 3.8) is 0 Å². The maximum absolute atomic E-state index is 13.2. The molecule has 1 N–H and O–H groups in total. The van der Waals surface area contributed by atoms with Gasteiger partial charge in [0.25, 0.3) is 11.8 Å². The number of likely N-dealkylation sites (tertiary alicyclic amines) is 1. The Balaban J connectivity index is 2.19. The lowest BCUT2D eigenvalue weighted by Crippen LogP contribution is -2.45. The summed E-state index contributed by atoms with van der Waals surface area (Å²) in [5, 5.41) is 2.74. The van der Waals surface area contributed by atoms with Crippen LogP contribution in [0.25, 0.3) is 0 Å². The molecule has 3 rings (SSSR count). The minimum atomic E-state index is -0.992. The van der Waals surface area contributed by atoms with Crippen molar-refractivity contribution in [1.29, 1.82) is 0 Å². The van der Waals surface area contributed by atoms with Crippen LogP contribution in [0.1, 0.15) is 29.3 Å². The van der Waals surface area contributed by atoms with E-state index >= 15 is 0 Å². The number of carbonyl (C=O) groups excluding carboxylic acids is 2. The number of rotatable bonds is 0. The summed E-state index contributed by atoms with van der Waals surface area (Å²) < 4.78 is 13.2. The summed E-state index contributed by atoms with van der Waals surface area (Å²) in [6, 6.07) is 4.06. The van der Waals surface area contributed by atoms with E-state index in [1.165, 1.54) is 18.2 Å². The highest BCUT2D eigenvalue weighted by atomic mass is 19.1. The van der Waals surface area contributed by atoms with Crippen LogP contribution >= 0.6 is 0 Å². The summed E-state index contributed by atoms with van der Waals surface area (Å²) >= 11 is 0. The summed E-state index contributed by atoms with van der Waals surface area (Å²) in [4.78, 5) is 25.9. The first-order valence-corrected chi connectivity index (χ1v) is 5.85. The third-order valence-corrected chi connectivity index (χ3v) is 3.96. The van der Waals surface area contributed by atoms with Crippen molar-refractivity contribution >= 4 is 11.8 Å². The molecule has 1 aromatic carbocycles. The number of nitrogens with zero attached hydrogens (tertiary/aromatic N) is 1. The molecule has 1 saturated heterocycles. The van der Waals surface area contributed by atoms with E-state index in [9.17, 15) is 14.0 Å². The first-order chi connectivity index (χ1) is 8.45. The van der Waals surface area contributed by atoms with E-state index in [-0.39, 0.29) is 23.4 Å². The first kappa shape index (κ1) is 11.2. The largest absolute Gasteiger partial charge is 0.341 e. The zero-order chi connectivity index (χ0) is 13.1. The number of hydrogen-bond acceptors (Lipinski definition) is 2. The number of amides is 2. The third kappa shape index (κ3) is 1.19. The lowest BCUT2D eigenvalue weighted by molar-refractivity contribution is -0.132. The maximum Gasteiger partial charge on any atom is 0.253 e. The van der Waals surface area contributed by atoms with Crippen molar-refractivity contribution in [2.45, 2.75) is 24.9 Å². The van der Waals surface area contributed by atoms with E-state index in [0.717, 1.165) is 0 Å². The molecule has 2 atom stereocenters. The van der Waals surface area contributed by atoms with E-state index in [0.29, 0.717) is 12.0 Å². The number of benzene rings is 1. The van der Waals surface area contributed by atoms with Gasteiger partial charge in [-0.05, 0) is 24.6 Å². The molecule has 0 radical (unpaired) electrons. The van der Waals surface area contributed by atoms with E-state index in [2.05, 4.69) is 5.32 Å². The van der Waals surface area contributed by atoms with Gasteiger partial charge in [-0.1, -0.05) is 6.07 Å². The molecule has 1 spiro atoms. The molecular weight excluding hydrogens is 235 g/mol. The molecule has 2 heterocycles. The molecule has 4 nitrogen and oxygen atoms in total. The van der Waals surface area contributed by atoms with Gasteiger partial charge in [0.2, 0.25) is 0 Å². The molecule has 18 heavy (non-hydrogen) atoms. The van der Waals surface area contributed by atoms with Gasteiger partial charge in [-0.3, -0.25) is 9.59 Å². The number of hydrogen-bond donors (Lipinski definition) is 1. The normalized spacial score (nSPS) is 29.9. The quantitative estimate of drug-likeness (QED) is 0.745. The number of fused-ring (bicyclic) bond motifs is 2. The molecule has 2 amide bonds. The summed E-state index contributed by atoms with van der Waals surface area (Å²) in [6.07, 6.45) is 0.521. The van der Waals surface area contributed by atoms with Crippen LogP contribution in [0, 0.1) is 5.82 Å². The Morgan fingerprint density at radius 2 is 2.17 bits per heavy atom. The Labute approximate surface area is 104 Å². The van der Waals surface area contributed by atoms with Gasteiger partial charge in [0.15, 0.2) is 0 Å². The average Bonchev–Trinajstić information content (AvgIpc) is 2.71. The van der Waals surface area contributed by atoms with Crippen LogP contribution in [0.5, 0.6) is 0 Å². The SMILES string of the molecule is C[C@H]1C[C@@]2(NC(=O)c3cc(F)ccc32)C(=O)N1C. The molecule has 94 valence electrons. The highest BCUT2D eigenvalue weighted by Crippen LogP contribution is 2.41.